The first-order valence-electron chi connectivity index (χ1n) is 9.98. The first-order valence-corrected chi connectivity index (χ1v) is 9.98. The molecule has 0 aliphatic carbocycles. The summed E-state index contributed by atoms with van der Waals surface area (Å²) in [6.45, 7) is 10.7. The Morgan fingerprint density at radius 2 is 2.04 bits per heavy atom. The Morgan fingerprint density at radius 1 is 1.29 bits per heavy atom. The van der Waals surface area contributed by atoms with Gasteiger partial charge in [-0.1, -0.05) is 0 Å². The summed E-state index contributed by atoms with van der Waals surface area (Å²) >= 11 is 0. The zero-order valence-corrected chi connectivity index (χ0v) is 19.8. The van der Waals surface area contributed by atoms with Gasteiger partial charge in [0.2, 0.25) is 0 Å². The van der Waals surface area contributed by atoms with E-state index in [4.69, 9.17) is 9.47 Å². The number of nitrogens with one attached hydrogen (secondary N) is 1. The van der Waals surface area contributed by atoms with Gasteiger partial charge in [-0.25, -0.2) is 0 Å². The number of aliphatic imine (C=N–C) groups is 1. The lowest BCUT2D eigenvalue weighted by Gasteiger charge is -2.36. The Bertz CT molecular complexity index is 615. The van der Waals surface area contributed by atoms with Crippen LogP contribution in [0.15, 0.2) is 17.4 Å². The smallest absolute Gasteiger partial charge is 0.193 e. The molecule has 2 aliphatic rings. The minimum atomic E-state index is 0. The van der Waals surface area contributed by atoms with Crippen LogP contribution in [0.1, 0.15) is 31.9 Å². The molecule has 1 aromatic rings. The summed E-state index contributed by atoms with van der Waals surface area (Å²) in [5, 5.41) is 7.78. The number of guanidine groups is 1. The molecule has 0 saturated carbocycles. The number of morpholine rings is 2. The number of aromatic nitrogens is 2. The van der Waals surface area contributed by atoms with Crippen LogP contribution in [0.5, 0.6) is 0 Å². The molecule has 3 unspecified atom stereocenters. The fraction of sp³-hybridized carbons (Fsp3) is 0.789. The first-order chi connectivity index (χ1) is 13.0. The Balaban J connectivity index is 0.00000280. The van der Waals surface area contributed by atoms with Gasteiger partial charge < -0.3 is 19.7 Å². The van der Waals surface area contributed by atoms with Crippen LogP contribution >= 0.6 is 24.0 Å². The van der Waals surface area contributed by atoms with Crippen molar-refractivity contribution in [2.75, 3.05) is 52.9 Å². The van der Waals surface area contributed by atoms with Crippen molar-refractivity contribution >= 4 is 29.9 Å². The number of nitrogens with zero attached hydrogens (tertiary/aromatic N) is 5. The highest BCUT2D eigenvalue weighted by atomic mass is 127. The molecule has 9 heteroatoms. The Hall–Kier alpha value is -0.910. The monoisotopic (exact) mass is 506 g/mol. The fourth-order valence-corrected chi connectivity index (χ4v) is 3.95. The molecule has 0 amide bonds. The zero-order chi connectivity index (χ0) is 19.2. The predicted molar refractivity (Wildman–Crippen MR) is 121 cm³/mol. The molecule has 8 nitrogen and oxygen atoms in total. The lowest BCUT2D eigenvalue weighted by Crippen LogP contribution is -2.49. The van der Waals surface area contributed by atoms with Crippen molar-refractivity contribution in [3.8, 4) is 0 Å². The molecule has 0 bridgehead atoms. The fourth-order valence-electron chi connectivity index (χ4n) is 3.95. The molecule has 0 spiro atoms. The largest absolute Gasteiger partial charge is 0.373 e. The molecule has 2 saturated heterocycles. The van der Waals surface area contributed by atoms with Crippen LogP contribution in [0.4, 0.5) is 0 Å². The average molecular weight is 506 g/mol. The van der Waals surface area contributed by atoms with Gasteiger partial charge in [0.15, 0.2) is 5.96 Å². The maximum atomic E-state index is 5.93. The summed E-state index contributed by atoms with van der Waals surface area (Å²) in [7, 11) is 3.78. The Labute approximate surface area is 185 Å². The molecular weight excluding hydrogens is 471 g/mol. The summed E-state index contributed by atoms with van der Waals surface area (Å²) in [6, 6.07) is 0. The second kappa shape index (κ2) is 11.3. The Kier molecular flexibility index (Phi) is 9.45. The van der Waals surface area contributed by atoms with Gasteiger partial charge in [-0.05, 0) is 20.3 Å². The van der Waals surface area contributed by atoms with Gasteiger partial charge in [0, 0.05) is 58.6 Å². The minimum absolute atomic E-state index is 0. The SMILES string of the molecule is CN=C(NCCCN1CC(C)OC(C)C1)N1CCOC(c2cnn(C)c2)C1.I. The highest BCUT2D eigenvalue weighted by Gasteiger charge is 2.25. The highest BCUT2D eigenvalue weighted by Crippen LogP contribution is 2.21. The number of halogens is 1. The molecule has 3 rings (SSSR count). The molecule has 1 aromatic heterocycles. The van der Waals surface area contributed by atoms with Crippen molar-refractivity contribution in [1.82, 2.24) is 24.9 Å². The highest BCUT2D eigenvalue weighted by molar-refractivity contribution is 14.0. The van der Waals surface area contributed by atoms with E-state index in [-0.39, 0.29) is 30.1 Å². The van der Waals surface area contributed by atoms with E-state index in [1.54, 1.807) is 0 Å². The minimum Gasteiger partial charge on any atom is -0.373 e. The van der Waals surface area contributed by atoms with E-state index >= 15 is 0 Å². The molecule has 2 aliphatic heterocycles. The van der Waals surface area contributed by atoms with Gasteiger partial charge >= 0.3 is 0 Å². The Morgan fingerprint density at radius 3 is 2.68 bits per heavy atom. The molecular formula is C19H35IN6O2. The van der Waals surface area contributed by atoms with Gasteiger partial charge in [0.1, 0.15) is 6.10 Å². The third-order valence-corrected chi connectivity index (χ3v) is 5.10. The summed E-state index contributed by atoms with van der Waals surface area (Å²) in [4.78, 5) is 9.25. The van der Waals surface area contributed by atoms with E-state index in [0.29, 0.717) is 18.8 Å². The number of hydrogen-bond donors (Lipinski definition) is 1. The van der Waals surface area contributed by atoms with Gasteiger partial charge in [-0.15, -0.1) is 24.0 Å². The van der Waals surface area contributed by atoms with Gasteiger partial charge in [-0.2, -0.15) is 5.10 Å². The van der Waals surface area contributed by atoms with Crippen LogP contribution < -0.4 is 5.32 Å². The molecule has 2 fully saturated rings. The average Bonchev–Trinajstić information content (AvgIpc) is 3.08. The van der Waals surface area contributed by atoms with Crippen LogP contribution in [-0.4, -0.2) is 90.7 Å². The van der Waals surface area contributed by atoms with E-state index in [2.05, 4.69) is 39.1 Å². The molecule has 160 valence electrons. The molecule has 0 aromatic carbocycles. The van der Waals surface area contributed by atoms with Crippen molar-refractivity contribution in [3.05, 3.63) is 18.0 Å². The molecule has 28 heavy (non-hydrogen) atoms. The van der Waals surface area contributed by atoms with Gasteiger partial charge in [0.05, 0.1) is 31.6 Å². The molecule has 1 N–H and O–H groups in total. The summed E-state index contributed by atoms with van der Waals surface area (Å²) in [5.74, 6) is 0.955. The third-order valence-electron chi connectivity index (χ3n) is 5.10. The maximum absolute atomic E-state index is 5.93. The number of rotatable bonds is 5. The standard InChI is InChI=1S/C19H34N6O2.HI/c1-15-11-24(12-16(2)27-15)7-5-6-21-19(20-3)25-8-9-26-18(14-25)17-10-22-23(4)13-17;/h10,13,15-16,18H,5-9,11-12,14H2,1-4H3,(H,20,21);1H. The van der Waals surface area contributed by atoms with E-state index < -0.39 is 0 Å². The van der Waals surface area contributed by atoms with Crippen molar-refractivity contribution < 1.29 is 9.47 Å². The van der Waals surface area contributed by atoms with Crippen LogP contribution in [-0.2, 0) is 16.5 Å². The topological polar surface area (TPSA) is 67.2 Å². The quantitative estimate of drug-likeness (QED) is 0.283. The van der Waals surface area contributed by atoms with Gasteiger partial charge in [-0.3, -0.25) is 14.6 Å². The predicted octanol–water partition coefficient (Wildman–Crippen LogP) is 1.49. The lowest BCUT2D eigenvalue weighted by molar-refractivity contribution is -0.0679. The first kappa shape index (κ1) is 23.4. The second-order valence-corrected chi connectivity index (χ2v) is 7.60. The normalized spacial score (nSPS) is 26.8. The van der Waals surface area contributed by atoms with Crippen LogP contribution in [0.3, 0.4) is 0 Å². The maximum Gasteiger partial charge on any atom is 0.193 e. The number of hydrogen-bond acceptors (Lipinski definition) is 5. The summed E-state index contributed by atoms with van der Waals surface area (Å²) in [5.41, 5.74) is 1.12. The van der Waals surface area contributed by atoms with Gasteiger partial charge in [0.25, 0.3) is 0 Å². The molecule has 3 heterocycles. The van der Waals surface area contributed by atoms with Crippen LogP contribution in [0.2, 0.25) is 0 Å². The van der Waals surface area contributed by atoms with E-state index in [9.17, 15) is 0 Å². The van der Waals surface area contributed by atoms with Crippen molar-refractivity contribution in [3.63, 3.8) is 0 Å². The number of ether oxygens (including phenoxy) is 2. The van der Waals surface area contributed by atoms with Crippen molar-refractivity contribution in [2.24, 2.45) is 12.0 Å². The molecule has 3 atom stereocenters. The van der Waals surface area contributed by atoms with Crippen LogP contribution in [0, 0.1) is 0 Å². The second-order valence-electron chi connectivity index (χ2n) is 7.60. The van der Waals surface area contributed by atoms with E-state index in [1.807, 2.05) is 31.2 Å². The summed E-state index contributed by atoms with van der Waals surface area (Å²) in [6.07, 6.45) is 5.69. The summed E-state index contributed by atoms with van der Waals surface area (Å²) < 4.78 is 13.6. The zero-order valence-electron chi connectivity index (χ0n) is 17.5. The van der Waals surface area contributed by atoms with E-state index in [1.165, 1.54) is 0 Å². The van der Waals surface area contributed by atoms with Crippen molar-refractivity contribution in [1.29, 1.82) is 0 Å². The number of aryl methyl sites for hydroxylation is 1. The third kappa shape index (κ3) is 6.57. The molecule has 0 radical (unpaired) electrons. The van der Waals surface area contributed by atoms with E-state index in [0.717, 1.165) is 57.2 Å². The lowest BCUT2D eigenvalue weighted by atomic mass is 10.1. The van der Waals surface area contributed by atoms with Crippen LogP contribution in [0.25, 0.3) is 0 Å². The van der Waals surface area contributed by atoms with Crippen molar-refractivity contribution in [2.45, 2.75) is 38.6 Å².